The predicted octanol–water partition coefficient (Wildman–Crippen LogP) is 13.5. The van der Waals surface area contributed by atoms with Crippen molar-refractivity contribution in [3.8, 4) is 0 Å². The first kappa shape index (κ1) is 60.5. The Bertz CT molecular complexity index is 1320. The molecular weight excluding hydrogens is 799 g/mol. The van der Waals surface area contributed by atoms with Crippen molar-refractivity contribution in [3.05, 3.63) is 85.1 Å². The van der Waals surface area contributed by atoms with E-state index in [4.69, 9.17) is 14.2 Å². The van der Waals surface area contributed by atoms with Crippen molar-refractivity contribution < 1.29 is 38.2 Å². The van der Waals surface area contributed by atoms with Crippen LogP contribution in [-0.4, -0.2) is 75.5 Å². The van der Waals surface area contributed by atoms with E-state index < -0.39 is 18.1 Å². The Kier molecular flexibility index (Phi) is 43.5. The summed E-state index contributed by atoms with van der Waals surface area (Å²) in [6.45, 7) is 4.43. The molecule has 0 aliphatic rings. The molecule has 0 N–H and O–H groups in total. The van der Waals surface area contributed by atoms with Gasteiger partial charge in [0.1, 0.15) is 12.6 Å². The van der Waals surface area contributed by atoms with Crippen LogP contribution in [0.1, 0.15) is 200 Å². The normalized spacial score (nSPS) is 13.6. The average molecular weight is 894 g/mol. The zero-order valence-electron chi connectivity index (χ0n) is 41.7. The highest BCUT2D eigenvalue weighted by Gasteiger charge is 2.25. The number of quaternary nitrogens is 1. The molecule has 0 fully saturated rings. The maximum absolute atomic E-state index is 12.8. The van der Waals surface area contributed by atoms with Gasteiger partial charge in [0.15, 0.2) is 6.10 Å². The van der Waals surface area contributed by atoms with Gasteiger partial charge in [0, 0.05) is 19.3 Å². The highest BCUT2D eigenvalue weighted by atomic mass is 16.6. The molecule has 8 nitrogen and oxygen atoms in total. The largest absolute Gasteiger partial charge is 0.544 e. The molecule has 366 valence electrons. The summed E-state index contributed by atoms with van der Waals surface area (Å²) in [6.07, 6.45) is 60.4. The van der Waals surface area contributed by atoms with Crippen LogP contribution in [0.3, 0.4) is 0 Å². The van der Waals surface area contributed by atoms with Crippen molar-refractivity contribution in [2.24, 2.45) is 0 Å². The first-order valence-corrected chi connectivity index (χ1v) is 25.6. The van der Waals surface area contributed by atoms with E-state index in [1.54, 1.807) is 21.1 Å². The number of allylic oxidation sites excluding steroid dienone is 14. The Morgan fingerprint density at radius 3 is 1.22 bits per heavy atom. The van der Waals surface area contributed by atoms with Gasteiger partial charge in [-0.3, -0.25) is 9.59 Å². The maximum Gasteiger partial charge on any atom is 0.306 e. The Morgan fingerprint density at radius 2 is 0.828 bits per heavy atom. The Hall–Kier alpha value is -3.49. The molecule has 0 aromatic heterocycles. The summed E-state index contributed by atoms with van der Waals surface area (Å²) >= 11 is 0. The van der Waals surface area contributed by atoms with Gasteiger partial charge in [0.05, 0.1) is 40.3 Å². The monoisotopic (exact) mass is 894 g/mol. The first-order chi connectivity index (χ1) is 31.1. The molecule has 0 saturated carbocycles. The van der Waals surface area contributed by atoms with Crippen molar-refractivity contribution >= 4 is 17.9 Å². The van der Waals surface area contributed by atoms with E-state index in [9.17, 15) is 19.5 Å². The lowest BCUT2D eigenvalue weighted by atomic mass is 10.0. The quantitative estimate of drug-likeness (QED) is 0.0260. The van der Waals surface area contributed by atoms with Gasteiger partial charge in [-0.15, -0.1) is 0 Å². The third-order valence-electron chi connectivity index (χ3n) is 11.0. The fourth-order valence-corrected chi connectivity index (χ4v) is 7.14. The number of esters is 2. The summed E-state index contributed by atoms with van der Waals surface area (Å²) < 4.78 is 17.2. The number of ether oxygens (including phenoxy) is 3. The smallest absolute Gasteiger partial charge is 0.306 e. The zero-order valence-corrected chi connectivity index (χ0v) is 41.7. The van der Waals surface area contributed by atoms with Gasteiger partial charge in [0.25, 0.3) is 0 Å². The molecule has 0 amide bonds. The molecule has 0 aliphatic heterocycles. The van der Waals surface area contributed by atoms with Crippen LogP contribution in [0, 0.1) is 0 Å². The van der Waals surface area contributed by atoms with Crippen molar-refractivity contribution in [3.63, 3.8) is 0 Å². The third-order valence-corrected chi connectivity index (χ3v) is 11.0. The molecule has 2 unspecified atom stereocenters. The number of likely N-dealkylation sites (N-methyl/N-ethyl adjacent to an activating group) is 1. The number of hydrogen-bond acceptors (Lipinski definition) is 7. The average Bonchev–Trinajstić information content (AvgIpc) is 3.26. The maximum atomic E-state index is 12.8. The zero-order chi connectivity index (χ0) is 47.0. The molecule has 0 aromatic rings. The number of carboxylic acid groups (broad SMARTS) is 1. The molecule has 0 heterocycles. The summed E-state index contributed by atoms with van der Waals surface area (Å²) in [5.74, 6) is -1.76. The lowest BCUT2D eigenvalue weighted by Gasteiger charge is -2.34. The van der Waals surface area contributed by atoms with Gasteiger partial charge in [0.2, 0.25) is 0 Å². The predicted molar refractivity (Wildman–Crippen MR) is 268 cm³/mol. The van der Waals surface area contributed by atoms with Crippen LogP contribution in [0.25, 0.3) is 0 Å². The lowest BCUT2D eigenvalue weighted by molar-refractivity contribution is -0.889. The number of carbonyl (C=O) groups is 3. The van der Waals surface area contributed by atoms with Gasteiger partial charge in [-0.1, -0.05) is 182 Å². The minimum absolute atomic E-state index is 0.0301. The summed E-state index contributed by atoms with van der Waals surface area (Å²) in [4.78, 5) is 37.1. The molecule has 0 aromatic carbocycles. The molecule has 64 heavy (non-hydrogen) atoms. The number of aliphatic carboxylic acids is 1. The molecule has 0 spiro atoms. The van der Waals surface area contributed by atoms with Crippen molar-refractivity contribution in [2.75, 3.05) is 41.0 Å². The van der Waals surface area contributed by atoms with Crippen molar-refractivity contribution in [2.45, 2.75) is 212 Å². The highest BCUT2D eigenvalue weighted by molar-refractivity contribution is 5.70. The number of carboxylic acids is 1. The van der Waals surface area contributed by atoms with E-state index >= 15 is 0 Å². The van der Waals surface area contributed by atoms with E-state index in [1.807, 2.05) is 0 Å². The molecule has 0 rings (SSSR count). The van der Waals surface area contributed by atoms with Gasteiger partial charge in [-0.25, -0.2) is 0 Å². The molecular formula is C56H95NO7. The van der Waals surface area contributed by atoms with Gasteiger partial charge >= 0.3 is 11.9 Å². The van der Waals surface area contributed by atoms with Crippen LogP contribution in [0.4, 0.5) is 0 Å². The van der Waals surface area contributed by atoms with Gasteiger partial charge in [-0.05, 0) is 83.5 Å². The summed E-state index contributed by atoms with van der Waals surface area (Å²) in [5.41, 5.74) is 0. The number of carbonyl (C=O) groups excluding carboxylic acids is 3. The number of hydrogen-bond donors (Lipinski definition) is 0. The molecule has 8 heteroatoms. The Morgan fingerprint density at radius 1 is 0.469 bits per heavy atom. The lowest BCUT2D eigenvalue weighted by Crippen LogP contribution is -2.55. The first-order valence-electron chi connectivity index (χ1n) is 25.6. The van der Waals surface area contributed by atoms with Crippen LogP contribution in [0.2, 0.25) is 0 Å². The van der Waals surface area contributed by atoms with E-state index in [1.165, 1.54) is 70.6 Å². The highest BCUT2D eigenvalue weighted by Crippen LogP contribution is 2.15. The van der Waals surface area contributed by atoms with E-state index in [-0.39, 0.29) is 42.7 Å². The van der Waals surface area contributed by atoms with Crippen molar-refractivity contribution in [1.29, 1.82) is 0 Å². The summed E-state index contributed by atoms with van der Waals surface area (Å²) in [7, 11) is 5.40. The summed E-state index contributed by atoms with van der Waals surface area (Å²) in [6, 6.07) is -0.734. The fraction of sp³-hybridized carbons (Fsp3) is 0.696. The minimum atomic E-state index is -1.13. The second-order valence-electron chi connectivity index (χ2n) is 18.0. The molecule has 2 atom stereocenters. The number of nitrogens with zero attached hydrogens (tertiary/aromatic N) is 1. The third kappa shape index (κ3) is 43.7. The standard InChI is InChI=1S/C56H95NO7/c1-6-8-10-12-14-16-18-20-22-24-26-27-29-30-32-34-36-38-40-42-44-46-54(58)63-51-52(50-62-49-48-53(56(60)61)57(3,4)5)64-55(59)47-45-43-41-39-37-35-33-31-28-25-23-21-19-17-15-13-11-9-7-2/h8-11,14-17,20-23,28,31,52-53H,6-7,12-13,18-19,24-27,29-30,32-51H2,1-5H3/b10-8+,11-9+,16-14+,17-15+,22-20+,23-21+,31-28+. The van der Waals surface area contributed by atoms with Crippen LogP contribution in [0.15, 0.2) is 85.1 Å². The second-order valence-corrected chi connectivity index (χ2v) is 18.0. The molecule has 0 radical (unpaired) electrons. The molecule has 0 saturated heterocycles. The Balaban J connectivity index is 4.27. The summed E-state index contributed by atoms with van der Waals surface area (Å²) in [5, 5.41) is 11.7. The van der Waals surface area contributed by atoms with Crippen LogP contribution in [0.5, 0.6) is 0 Å². The molecule has 0 aliphatic carbocycles. The number of unbranched alkanes of at least 4 members (excludes halogenated alkanes) is 17. The van der Waals surface area contributed by atoms with Gasteiger partial charge < -0.3 is 28.6 Å². The van der Waals surface area contributed by atoms with E-state index in [2.05, 4.69) is 98.9 Å². The van der Waals surface area contributed by atoms with Crippen LogP contribution >= 0.6 is 0 Å². The van der Waals surface area contributed by atoms with Crippen LogP contribution in [-0.2, 0) is 28.6 Å². The van der Waals surface area contributed by atoms with E-state index in [0.717, 1.165) is 96.3 Å². The molecule has 0 bridgehead atoms. The SMILES string of the molecule is CC/C=C/C/C=C/C/C=C/C/C=C/CCCCCCCCC(=O)OC(COCCC(C(=O)[O-])[N+](C)(C)C)COC(=O)CCCCCCCCCCCCC/C=C/C/C=C/C/C=C/CC. The fourth-order valence-electron chi connectivity index (χ4n) is 7.14. The van der Waals surface area contributed by atoms with Gasteiger partial charge in [-0.2, -0.15) is 0 Å². The topological polar surface area (TPSA) is 102 Å². The van der Waals surface area contributed by atoms with Crippen LogP contribution < -0.4 is 5.11 Å². The van der Waals surface area contributed by atoms with E-state index in [0.29, 0.717) is 12.8 Å². The number of rotatable bonds is 45. The Labute approximate surface area is 393 Å². The van der Waals surface area contributed by atoms with Crippen molar-refractivity contribution in [1.82, 2.24) is 0 Å². The minimum Gasteiger partial charge on any atom is -0.544 e. The second kappa shape index (κ2) is 46.1.